The van der Waals surface area contributed by atoms with Gasteiger partial charge in [-0.05, 0) is 39.2 Å². The number of thioether (sulfide) groups is 1. The number of aliphatic carboxylic acids is 1. The molecule has 1 atom stereocenters. The maximum atomic E-state index is 11.6. The molecule has 0 aromatic heterocycles. The van der Waals surface area contributed by atoms with Crippen LogP contribution in [0, 0.1) is 0 Å². The van der Waals surface area contributed by atoms with Gasteiger partial charge in [-0.2, -0.15) is 11.8 Å². The quantitative estimate of drug-likeness (QED) is 0.642. The first-order valence-corrected chi connectivity index (χ1v) is 7.20. The van der Waals surface area contributed by atoms with Crippen LogP contribution < -0.4 is 10.6 Å². The van der Waals surface area contributed by atoms with Crippen molar-refractivity contribution in [1.29, 1.82) is 0 Å². The maximum Gasteiger partial charge on any atom is 0.331 e. The minimum absolute atomic E-state index is 0.0133. The van der Waals surface area contributed by atoms with E-state index in [1.807, 2.05) is 13.2 Å². The maximum absolute atomic E-state index is 11.6. The Morgan fingerprint density at radius 1 is 1.21 bits per heavy atom. The summed E-state index contributed by atoms with van der Waals surface area (Å²) in [7, 11) is 0. The van der Waals surface area contributed by atoms with Gasteiger partial charge in [0.05, 0.1) is 0 Å². The van der Waals surface area contributed by atoms with Crippen molar-refractivity contribution in [3.8, 4) is 0 Å². The van der Waals surface area contributed by atoms with Crippen molar-refractivity contribution in [2.24, 2.45) is 0 Å². The summed E-state index contributed by atoms with van der Waals surface area (Å²) in [6.07, 6.45) is 2.77. The predicted molar refractivity (Wildman–Crippen MR) is 75.1 cm³/mol. The first kappa shape index (κ1) is 17.5. The average molecular weight is 288 g/mol. The summed E-state index contributed by atoms with van der Waals surface area (Å²) in [5.74, 6) is -0.970. The molecule has 0 aromatic rings. The molecule has 0 aliphatic heterocycles. The molecule has 19 heavy (non-hydrogen) atoms. The Kier molecular flexibility index (Phi) is 7.90. The van der Waals surface area contributed by atoms with Crippen LogP contribution in [0.15, 0.2) is 11.1 Å². The van der Waals surface area contributed by atoms with Crippen molar-refractivity contribution in [2.45, 2.75) is 33.2 Å². The van der Waals surface area contributed by atoms with Crippen LogP contribution in [0.1, 0.15) is 27.2 Å². The summed E-state index contributed by atoms with van der Waals surface area (Å²) < 4.78 is 0. The van der Waals surface area contributed by atoms with Gasteiger partial charge in [0, 0.05) is 17.2 Å². The minimum Gasteiger partial charge on any atom is -0.478 e. The normalized spacial score (nSPS) is 13.3. The molecule has 6 nitrogen and oxygen atoms in total. The van der Waals surface area contributed by atoms with Gasteiger partial charge in [0.25, 0.3) is 5.91 Å². The van der Waals surface area contributed by atoms with E-state index in [9.17, 15) is 14.4 Å². The third-order valence-electron chi connectivity index (χ3n) is 2.58. The number of amides is 3. The second kappa shape index (κ2) is 8.58. The molecule has 0 radical (unpaired) electrons. The van der Waals surface area contributed by atoms with Crippen molar-refractivity contribution < 1.29 is 19.5 Å². The molecule has 108 valence electrons. The largest absolute Gasteiger partial charge is 0.478 e. The van der Waals surface area contributed by atoms with Gasteiger partial charge < -0.3 is 10.4 Å². The zero-order valence-electron chi connectivity index (χ0n) is 11.6. The Hall–Kier alpha value is -1.50. The molecule has 0 spiro atoms. The highest BCUT2D eigenvalue weighted by molar-refractivity contribution is 7.98. The zero-order chi connectivity index (χ0) is 15.0. The number of nitrogens with one attached hydrogen (secondary N) is 2. The van der Waals surface area contributed by atoms with E-state index in [1.54, 1.807) is 11.8 Å². The summed E-state index contributed by atoms with van der Waals surface area (Å²) >= 11 is 1.67. The summed E-state index contributed by atoms with van der Waals surface area (Å²) in [5.41, 5.74) is -0.0693. The van der Waals surface area contributed by atoms with Gasteiger partial charge in [-0.25, -0.2) is 9.59 Å². The van der Waals surface area contributed by atoms with Gasteiger partial charge in [0.15, 0.2) is 0 Å². The number of urea groups is 1. The number of carbonyl (C=O) groups excluding carboxylic acids is 2. The van der Waals surface area contributed by atoms with Gasteiger partial charge in [-0.1, -0.05) is 0 Å². The van der Waals surface area contributed by atoms with Crippen LogP contribution in [0.25, 0.3) is 0 Å². The standard InChI is InChI=1S/C12H20N2O4S/c1-7(5-6-19-4)13-12(18)14-10(15)8(2)9(3)11(16)17/h7H,5-6H2,1-4H3,(H,16,17)(H2,13,14,15,18). The second-order valence-electron chi connectivity index (χ2n) is 4.17. The van der Waals surface area contributed by atoms with Crippen LogP contribution in [-0.2, 0) is 9.59 Å². The molecular weight excluding hydrogens is 268 g/mol. The van der Waals surface area contributed by atoms with E-state index in [0.29, 0.717) is 0 Å². The van der Waals surface area contributed by atoms with Crippen LogP contribution in [-0.4, -0.2) is 41.1 Å². The molecule has 7 heteroatoms. The number of carboxylic acid groups (broad SMARTS) is 1. The van der Waals surface area contributed by atoms with Crippen LogP contribution in [0.3, 0.4) is 0 Å². The van der Waals surface area contributed by atoms with Crippen molar-refractivity contribution in [1.82, 2.24) is 10.6 Å². The lowest BCUT2D eigenvalue weighted by Crippen LogP contribution is -2.44. The summed E-state index contributed by atoms with van der Waals surface area (Å²) in [6, 6.07) is -0.666. The number of carbonyl (C=O) groups is 3. The molecule has 0 rings (SSSR count). The first-order chi connectivity index (χ1) is 8.79. The highest BCUT2D eigenvalue weighted by atomic mass is 32.2. The Morgan fingerprint density at radius 3 is 2.26 bits per heavy atom. The van der Waals surface area contributed by atoms with Gasteiger partial charge in [0.1, 0.15) is 0 Å². The summed E-state index contributed by atoms with van der Waals surface area (Å²) in [5, 5.41) is 13.5. The monoisotopic (exact) mass is 288 g/mol. The molecule has 0 saturated carbocycles. The molecule has 0 aliphatic carbocycles. The lowest BCUT2D eigenvalue weighted by atomic mass is 10.1. The Balaban J connectivity index is 4.38. The number of hydrogen-bond acceptors (Lipinski definition) is 4. The molecule has 3 N–H and O–H groups in total. The minimum atomic E-state index is -1.18. The predicted octanol–water partition coefficient (Wildman–Crippen LogP) is 1.37. The van der Waals surface area contributed by atoms with Gasteiger partial charge >= 0.3 is 12.0 Å². The number of hydrogen-bond donors (Lipinski definition) is 3. The number of rotatable bonds is 6. The van der Waals surface area contributed by atoms with Crippen LogP contribution >= 0.6 is 11.8 Å². The van der Waals surface area contributed by atoms with E-state index in [2.05, 4.69) is 10.6 Å². The van der Waals surface area contributed by atoms with Gasteiger partial charge in [0.2, 0.25) is 0 Å². The molecule has 0 heterocycles. The molecule has 1 unspecified atom stereocenters. The highest BCUT2D eigenvalue weighted by Gasteiger charge is 2.16. The van der Waals surface area contributed by atoms with Gasteiger partial charge in [-0.3, -0.25) is 10.1 Å². The smallest absolute Gasteiger partial charge is 0.331 e. The van der Waals surface area contributed by atoms with Crippen LogP contribution in [0.4, 0.5) is 4.79 Å². The fourth-order valence-corrected chi connectivity index (χ4v) is 1.74. The molecule has 0 bridgehead atoms. The van der Waals surface area contributed by atoms with Gasteiger partial charge in [-0.15, -0.1) is 0 Å². The summed E-state index contributed by atoms with van der Waals surface area (Å²) in [6.45, 7) is 4.52. The fraction of sp³-hybridized carbons (Fsp3) is 0.583. The SMILES string of the molecule is CSCCC(C)NC(=O)NC(=O)C(C)=C(C)C(=O)O. The molecule has 0 fully saturated rings. The third kappa shape index (κ3) is 6.85. The Morgan fingerprint density at radius 2 is 1.79 bits per heavy atom. The van der Waals surface area contributed by atoms with Crippen LogP contribution in [0.2, 0.25) is 0 Å². The van der Waals surface area contributed by atoms with Crippen LogP contribution in [0.5, 0.6) is 0 Å². The van der Waals surface area contributed by atoms with E-state index in [0.717, 1.165) is 12.2 Å². The highest BCUT2D eigenvalue weighted by Crippen LogP contribution is 2.03. The summed E-state index contributed by atoms with van der Waals surface area (Å²) in [4.78, 5) is 33.8. The van der Waals surface area contributed by atoms with E-state index >= 15 is 0 Å². The Bertz CT molecular complexity index is 393. The van der Waals surface area contributed by atoms with E-state index in [1.165, 1.54) is 13.8 Å². The molecule has 0 aliphatic rings. The van der Waals surface area contributed by atoms with Crippen molar-refractivity contribution >= 4 is 29.7 Å². The number of carboxylic acids is 1. The van der Waals surface area contributed by atoms with Crippen molar-refractivity contribution in [2.75, 3.05) is 12.0 Å². The fourth-order valence-electron chi connectivity index (χ4n) is 1.15. The van der Waals surface area contributed by atoms with E-state index in [4.69, 9.17) is 5.11 Å². The Labute approximate surface area is 117 Å². The van der Waals surface area contributed by atoms with E-state index < -0.39 is 17.9 Å². The molecule has 0 aromatic carbocycles. The van der Waals surface area contributed by atoms with Crippen molar-refractivity contribution in [3.63, 3.8) is 0 Å². The average Bonchev–Trinajstić information content (AvgIpc) is 2.33. The topological polar surface area (TPSA) is 95.5 Å². The lowest BCUT2D eigenvalue weighted by molar-refractivity contribution is -0.133. The number of imide groups is 1. The molecule has 3 amide bonds. The lowest BCUT2D eigenvalue weighted by Gasteiger charge is -2.13. The van der Waals surface area contributed by atoms with E-state index in [-0.39, 0.29) is 17.2 Å². The second-order valence-corrected chi connectivity index (χ2v) is 5.15. The third-order valence-corrected chi connectivity index (χ3v) is 3.23. The first-order valence-electron chi connectivity index (χ1n) is 5.81. The molecule has 0 saturated heterocycles. The molecular formula is C12H20N2O4S. The zero-order valence-corrected chi connectivity index (χ0v) is 12.4. The van der Waals surface area contributed by atoms with Crippen molar-refractivity contribution in [3.05, 3.63) is 11.1 Å².